The zero-order valence-corrected chi connectivity index (χ0v) is 19.9. The van der Waals surface area contributed by atoms with E-state index in [1.165, 1.54) is 17.7 Å². The molecule has 3 rings (SSSR count). The molecule has 182 valence electrons. The van der Waals surface area contributed by atoms with Gasteiger partial charge in [-0.1, -0.05) is 17.7 Å². The van der Waals surface area contributed by atoms with Crippen molar-refractivity contribution in [2.24, 2.45) is 0 Å². The van der Waals surface area contributed by atoms with Crippen LogP contribution >= 0.6 is 0 Å². The fourth-order valence-corrected chi connectivity index (χ4v) is 4.50. The SMILES string of the molecule is CB(O)N1CCC(C)(N2CCC(=C(C)c3ccc(C(F)(F)F)cc3)CC2)CC1.O.O.[HH].[Pd]. The molecule has 5 N–H and O–H groups in total. The first kappa shape index (κ1) is 30.3. The molecule has 0 radical (unpaired) electrons. The summed E-state index contributed by atoms with van der Waals surface area (Å²) in [5, 5.41) is 9.77. The Bertz CT molecular complexity index is 718. The topological polar surface area (TPSA) is 89.7 Å². The van der Waals surface area contributed by atoms with Crippen LogP contribution in [-0.2, 0) is 26.6 Å². The van der Waals surface area contributed by atoms with Crippen LogP contribution in [0.2, 0.25) is 6.82 Å². The van der Waals surface area contributed by atoms with E-state index in [0.717, 1.165) is 63.0 Å². The third-order valence-electron chi connectivity index (χ3n) is 6.71. The molecular formula is C21H36BF3N2O3Pd. The maximum Gasteiger partial charge on any atom is 0.416 e. The monoisotopic (exact) mass is 538 g/mol. The summed E-state index contributed by atoms with van der Waals surface area (Å²) >= 11 is 0. The molecule has 2 fully saturated rings. The van der Waals surface area contributed by atoms with Crippen molar-refractivity contribution in [3.05, 3.63) is 41.0 Å². The summed E-state index contributed by atoms with van der Waals surface area (Å²) in [6, 6.07) is 5.52. The minimum absolute atomic E-state index is 0. The number of hydrogen-bond donors (Lipinski definition) is 1. The van der Waals surface area contributed by atoms with Gasteiger partial charge < -0.3 is 20.8 Å². The van der Waals surface area contributed by atoms with Gasteiger partial charge in [0.25, 0.3) is 0 Å². The van der Waals surface area contributed by atoms with Crippen LogP contribution in [0.4, 0.5) is 13.2 Å². The Labute approximate surface area is 198 Å². The molecule has 2 aliphatic heterocycles. The number of alkyl halides is 3. The molecule has 0 bridgehead atoms. The number of benzene rings is 1. The van der Waals surface area contributed by atoms with Crippen molar-refractivity contribution in [1.82, 2.24) is 9.71 Å². The van der Waals surface area contributed by atoms with Gasteiger partial charge in [0.2, 0.25) is 0 Å². The summed E-state index contributed by atoms with van der Waals surface area (Å²) in [5.41, 5.74) is 2.91. The largest absolute Gasteiger partial charge is 0.437 e. The van der Waals surface area contributed by atoms with Crippen molar-refractivity contribution in [1.29, 1.82) is 0 Å². The number of allylic oxidation sites excluding steroid dienone is 1. The summed E-state index contributed by atoms with van der Waals surface area (Å²) in [4.78, 5) is 4.68. The Hall–Kier alpha value is -0.723. The average molecular weight is 539 g/mol. The van der Waals surface area contributed by atoms with Crippen molar-refractivity contribution in [2.45, 2.75) is 58.1 Å². The van der Waals surface area contributed by atoms with E-state index in [4.69, 9.17) is 0 Å². The maximum atomic E-state index is 12.8. The number of likely N-dealkylation sites (tertiary alicyclic amines) is 1. The summed E-state index contributed by atoms with van der Waals surface area (Å²) in [5.74, 6) is 0. The Morgan fingerprint density at radius 2 is 1.52 bits per heavy atom. The molecule has 0 amide bonds. The molecule has 5 nitrogen and oxygen atoms in total. The Kier molecular flexibility index (Phi) is 11.7. The molecule has 0 unspecified atom stereocenters. The number of halogens is 3. The second kappa shape index (κ2) is 11.9. The van der Waals surface area contributed by atoms with E-state index in [1.807, 2.05) is 13.7 Å². The molecule has 1 aromatic rings. The van der Waals surface area contributed by atoms with Gasteiger partial charge in [-0.05, 0) is 82.7 Å². The minimum Gasteiger partial charge on any atom is -0.437 e. The Morgan fingerprint density at radius 1 is 1.03 bits per heavy atom. The van der Waals surface area contributed by atoms with Crippen LogP contribution in [0, 0.1) is 0 Å². The van der Waals surface area contributed by atoms with E-state index in [9.17, 15) is 18.2 Å². The standard InChI is InChI=1S/C21H30BF3N2O.2H2O.Pd.H2/c1-16(17-4-6-19(7-5-17)21(23,24)25)18-8-12-26(13-9-18)20(2)10-14-27(15-11-20)22(3)28;;;;/h4-7,28H,8-15H2,1-3H3;2*1H2;;1H. The second-order valence-corrected chi connectivity index (χ2v) is 8.46. The zero-order valence-electron chi connectivity index (χ0n) is 18.3. The van der Waals surface area contributed by atoms with Gasteiger partial charge in [-0.2, -0.15) is 13.2 Å². The first-order valence-corrected chi connectivity index (χ1v) is 10.1. The molecule has 0 aliphatic carbocycles. The van der Waals surface area contributed by atoms with Crippen molar-refractivity contribution >= 4 is 12.6 Å². The normalized spacial score (nSPS) is 19.5. The predicted molar refractivity (Wildman–Crippen MR) is 117 cm³/mol. The van der Waals surface area contributed by atoms with E-state index < -0.39 is 11.7 Å². The van der Waals surface area contributed by atoms with Crippen LogP contribution in [0.1, 0.15) is 52.1 Å². The van der Waals surface area contributed by atoms with E-state index in [-0.39, 0.29) is 45.4 Å². The average Bonchev–Trinajstić information content (AvgIpc) is 2.67. The van der Waals surface area contributed by atoms with Crippen molar-refractivity contribution < 1.29 is 51.0 Å². The van der Waals surface area contributed by atoms with Crippen LogP contribution in [0.5, 0.6) is 0 Å². The van der Waals surface area contributed by atoms with E-state index in [0.29, 0.717) is 0 Å². The quantitative estimate of drug-likeness (QED) is 0.600. The Morgan fingerprint density at radius 3 is 1.94 bits per heavy atom. The number of rotatable bonds is 3. The molecule has 2 saturated heterocycles. The number of nitrogens with zero attached hydrogens (tertiary/aromatic N) is 2. The second-order valence-electron chi connectivity index (χ2n) is 8.46. The number of hydrogen-bond acceptors (Lipinski definition) is 3. The first-order chi connectivity index (χ1) is 13.1. The van der Waals surface area contributed by atoms with E-state index in [1.54, 1.807) is 12.1 Å². The van der Waals surface area contributed by atoms with Gasteiger partial charge in [-0.3, -0.25) is 4.90 Å². The van der Waals surface area contributed by atoms with Gasteiger partial charge in [0, 0.05) is 40.5 Å². The van der Waals surface area contributed by atoms with Gasteiger partial charge in [-0.15, -0.1) is 0 Å². The molecule has 0 saturated carbocycles. The van der Waals surface area contributed by atoms with Crippen molar-refractivity contribution in [3.63, 3.8) is 0 Å². The number of piperidine rings is 2. The molecule has 1 aromatic carbocycles. The molecule has 0 aromatic heterocycles. The van der Waals surface area contributed by atoms with Crippen molar-refractivity contribution in [2.75, 3.05) is 26.2 Å². The van der Waals surface area contributed by atoms with Gasteiger partial charge in [0.05, 0.1) is 5.56 Å². The fraction of sp³-hybridized carbons (Fsp3) is 0.619. The molecule has 2 heterocycles. The fourth-order valence-electron chi connectivity index (χ4n) is 4.50. The van der Waals surface area contributed by atoms with Gasteiger partial charge in [0.15, 0.2) is 0 Å². The van der Waals surface area contributed by atoms with E-state index >= 15 is 0 Å². The first-order valence-electron chi connectivity index (χ1n) is 10.1. The van der Waals surface area contributed by atoms with Crippen molar-refractivity contribution in [3.8, 4) is 0 Å². The van der Waals surface area contributed by atoms with Gasteiger partial charge in [0.1, 0.15) is 0 Å². The third-order valence-corrected chi connectivity index (χ3v) is 6.71. The molecule has 2 aliphatic rings. The summed E-state index contributed by atoms with van der Waals surface area (Å²) < 4.78 is 38.3. The zero-order chi connectivity index (χ0) is 20.5. The molecule has 31 heavy (non-hydrogen) atoms. The summed E-state index contributed by atoms with van der Waals surface area (Å²) in [7, 11) is -0.383. The van der Waals surface area contributed by atoms with Crippen LogP contribution < -0.4 is 0 Å². The molecular weight excluding hydrogens is 502 g/mol. The van der Waals surface area contributed by atoms with E-state index in [2.05, 4.69) is 16.6 Å². The molecule has 0 spiro atoms. The smallest absolute Gasteiger partial charge is 0.416 e. The van der Waals surface area contributed by atoms with Crippen LogP contribution in [0.25, 0.3) is 5.57 Å². The maximum absolute atomic E-state index is 12.8. The third kappa shape index (κ3) is 7.13. The van der Waals surface area contributed by atoms with Crippen LogP contribution in [0.15, 0.2) is 29.8 Å². The predicted octanol–water partition coefficient (Wildman–Crippen LogP) is 3.13. The van der Waals surface area contributed by atoms with Crippen LogP contribution in [-0.4, -0.2) is 64.5 Å². The summed E-state index contributed by atoms with van der Waals surface area (Å²) in [6.45, 7) is 9.97. The van der Waals surface area contributed by atoms with Gasteiger partial charge >= 0.3 is 13.2 Å². The molecule has 0 atom stereocenters. The van der Waals surface area contributed by atoms with Gasteiger partial charge in [-0.25, -0.2) is 0 Å². The molecule has 10 heteroatoms. The minimum atomic E-state index is -4.29. The Balaban J connectivity index is 0. The summed E-state index contributed by atoms with van der Waals surface area (Å²) in [6.07, 6.45) is -0.265. The van der Waals surface area contributed by atoms with Crippen LogP contribution in [0.3, 0.4) is 0 Å².